The smallest absolute Gasteiger partial charge is 0.292 e. The van der Waals surface area contributed by atoms with E-state index in [0.717, 1.165) is 11.3 Å². The Labute approximate surface area is 195 Å². The molecule has 5 N–H and O–H groups in total. The number of rotatable bonds is 7. The summed E-state index contributed by atoms with van der Waals surface area (Å²) in [5.41, 5.74) is 3.71. The zero-order valence-corrected chi connectivity index (χ0v) is 18.2. The molecular formula is C24H21N7O3. The van der Waals surface area contributed by atoms with Crippen LogP contribution in [-0.4, -0.2) is 33.9 Å². The molecule has 0 radical (unpaired) electrons. The first-order valence-electron chi connectivity index (χ1n) is 10.4. The number of hydrogen-bond acceptors (Lipinski definition) is 7. The van der Waals surface area contributed by atoms with E-state index >= 15 is 0 Å². The van der Waals surface area contributed by atoms with Crippen LogP contribution in [-0.2, 0) is 20.8 Å². The van der Waals surface area contributed by atoms with Gasteiger partial charge in [0.1, 0.15) is 11.6 Å². The molecule has 34 heavy (non-hydrogen) atoms. The molecule has 1 unspecified atom stereocenters. The van der Waals surface area contributed by atoms with E-state index in [1.165, 1.54) is 12.5 Å². The Balaban J connectivity index is 1.46. The highest BCUT2D eigenvalue weighted by Crippen LogP contribution is 2.22. The fourth-order valence-electron chi connectivity index (χ4n) is 3.35. The fraction of sp³-hybridized carbons (Fsp3) is 0.125. The van der Waals surface area contributed by atoms with E-state index in [4.69, 9.17) is 0 Å². The van der Waals surface area contributed by atoms with Gasteiger partial charge in [0, 0.05) is 23.3 Å². The Morgan fingerprint density at radius 2 is 1.76 bits per heavy atom. The van der Waals surface area contributed by atoms with Crippen molar-refractivity contribution < 1.29 is 14.4 Å². The molecule has 0 saturated carbocycles. The second-order valence-electron chi connectivity index (χ2n) is 7.63. The summed E-state index contributed by atoms with van der Waals surface area (Å²) in [6.45, 7) is 1.98. The van der Waals surface area contributed by atoms with E-state index in [0.29, 0.717) is 22.6 Å². The number of aromatic nitrogens is 2. The first-order valence-corrected chi connectivity index (χ1v) is 10.4. The third-order valence-corrected chi connectivity index (χ3v) is 5.11. The maximum atomic E-state index is 12.5. The standard InChI is InChI=1S/C24H21N7O3/c1-14-2-6-17(7-3-14)29-24-30-21(19(11-25)22(33)31-24)15-4-8-16(9-5-15)28-23(34)20(32)10-18-12-26-13-27-18/h2-9,12-13,24,29-30H,10H2,1H3,(H,26,27)(H,28,34)(H,31,33). The molecule has 1 aromatic heterocycles. The molecule has 0 saturated heterocycles. The van der Waals surface area contributed by atoms with E-state index in [9.17, 15) is 19.6 Å². The average molecular weight is 455 g/mol. The Morgan fingerprint density at radius 1 is 1.06 bits per heavy atom. The zero-order chi connectivity index (χ0) is 24.1. The van der Waals surface area contributed by atoms with Crippen LogP contribution in [0.2, 0.25) is 0 Å². The molecule has 1 aliphatic rings. The second-order valence-corrected chi connectivity index (χ2v) is 7.63. The highest BCUT2D eigenvalue weighted by atomic mass is 16.2. The van der Waals surface area contributed by atoms with Crippen molar-refractivity contribution in [3.05, 3.63) is 83.4 Å². The van der Waals surface area contributed by atoms with Gasteiger partial charge < -0.3 is 26.3 Å². The lowest BCUT2D eigenvalue weighted by atomic mass is 10.0. The van der Waals surface area contributed by atoms with Crippen LogP contribution in [0.1, 0.15) is 16.8 Å². The first kappa shape index (κ1) is 22.3. The van der Waals surface area contributed by atoms with Crippen LogP contribution in [0.3, 0.4) is 0 Å². The number of anilines is 2. The molecule has 0 bridgehead atoms. The number of nitrogens with zero attached hydrogens (tertiary/aromatic N) is 2. The van der Waals surface area contributed by atoms with Crippen LogP contribution >= 0.6 is 0 Å². The average Bonchev–Trinajstić information content (AvgIpc) is 3.34. The number of amides is 2. The summed E-state index contributed by atoms with van der Waals surface area (Å²) in [6, 6.07) is 16.1. The molecule has 2 heterocycles. The van der Waals surface area contributed by atoms with Gasteiger partial charge in [-0.1, -0.05) is 29.8 Å². The van der Waals surface area contributed by atoms with Crippen LogP contribution in [0.4, 0.5) is 11.4 Å². The highest BCUT2D eigenvalue weighted by molar-refractivity contribution is 6.41. The number of aromatic amines is 1. The highest BCUT2D eigenvalue weighted by Gasteiger charge is 2.27. The molecule has 1 aliphatic heterocycles. The minimum Gasteiger partial charge on any atom is -0.348 e. The Bertz CT molecular complexity index is 1290. The van der Waals surface area contributed by atoms with Gasteiger partial charge in [0.05, 0.1) is 18.4 Å². The third-order valence-electron chi connectivity index (χ3n) is 5.11. The van der Waals surface area contributed by atoms with Crippen molar-refractivity contribution >= 4 is 34.7 Å². The number of carbonyl (C=O) groups is 3. The quantitative estimate of drug-likeness (QED) is 0.341. The number of H-pyrrole nitrogens is 1. The van der Waals surface area contributed by atoms with Gasteiger partial charge in [0.2, 0.25) is 5.78 Å². The normalized spacial score (nSPS) is 15.1. The minimum atomic E-state index is -0.753. The monoisotopic (exact) mass is 455 g/mol. The van der Waals surface area contributed by atoms with Crippen molar-refractivity contribution in [2.45, 2.75) is 19.6 Å². The Kier molecular flexibility index (Phi) is 6.36. The van der Waals surface area contributed by atoms with Crippen LogP contribution in [0.5, 0.6) is 0 Å². The molecule has 10 heteroatoms. The molecule has 10 nitrogen and oxygen atoms in total. The van der Waals surface area contributed by atoms with Gasteiger partial charge in [-0.15, -0.1) is 0 Å². The number of Topliss-reactive ketones (excluding diaryl/α,β-unsaturated/α-hetero) is 1. The summed E-state index contributed by atoms with van der Waals surface area (Å²) in [4.78, 5) is 43.4. The Morgan fingerprint density at radius 3 is 2.41 bits per heavy atom. The van der Waals surface area contributed by atoms with Crippen molar-refractivity contribution in [2.24, 2.45) is 0 Å². The predicted octanol–water partition coefficient (Wildman–Crippen LogP) is 1.82. The number of ketones is 1. The minimum absolute atomic E-state index is 0.0616. The summed E-state index contributed by atoms with van der Waals surface area (Å²) in [6.07, 6.45) is 2.19. The van der Waals surface area contributed by atoms with E-state index in [2.05, 4.69) is 31.2 Å². The SMILES string of the molecule is Cc1ccc(NC2NC(=O)C(C#N)=C(c3ccc(NC(=O)C(=O)Cc4cnc[nH]4)cc3)N2)cc1. The van der Waals surface area contributed by atoms with Crippen molar-refractivity contribution in [2.75, 3.05) is 10.6 Å². The molecule has 1 atom stereocenters. The topological polar surface area (TPSA) is 152 Å². The summed E-state index contributed by atoms with van der Waals surface area (Å²) in [5, 5.41) is 21.1. The van der Waals surface area contributed by atoms with E-state index < -0.39 is 23.9 Å². The van der Waals surface area contributed by atoms with E-state index in [1.54, 1.807) is 24.3 Å². The molecule has 4 rings (SSSR count). The number of nitriles is 1. The van der Waals surface area contributed by atoms with Gasteiger partial charge >= 0.3 is 0 Å². The molecule has 0 spiro atoms. The number of benzene rings is 2. The number of hydrogen-bond donors (Lipinski definition) is 5. The third kappa shape index (κ3) is 5.11. The van der Waals surface area contributed by atoms with Gasteiger partial charge in [-0.05, 0) is 36.8 Å². The molecule has 170 valence electrons. The maximum Gasteiger partial charge on any atom is 0.292 e. The maximum absolute atomic E-state index is 12.5. The first-order chi connectivity index (χ1) is 16.4. The largest absolute Gasteiger partial charge is 0.348 e. The van der Waals surface area contributed by atoms with Gasteiger partial charge in [-0.25, -0.2) is 4.98 Å². The van der Waals surface area contributed by atoms with Crippen molar-refractivity contribution in [3.8, 4) is 6.07 Å². The second kappa shape index (κ2) is 9.70. The Hall–Kier alpha value is -4.91. The van der Waals surface area contributed by atoms with E-state index in [-0.39, 0.29) is 12.0 Å². The van der Waals surface area contributed by atoms with Crippen LogP contribution in [0, 0.1) is 18.3 Å². The molecule has 3 aromatic rings. The summed E-state index contributed by atoms with van der Waals surface area (Å²) >= 11 is 0. The van der Waals surface area contributed by atoms with Gasteiger partial charge in [0.15, 0.2) is 6.29 Å². The lowest BCUT2D eigenvalue weighted by molar-refractivity contribution is -0.134. The molecule has 0 aliphatic carbocycles. The lowest BCUT2D eigenvalue weighted by Gasteiger charge is -2.29. The van der Waals surface area contributed by atoms with E-state index in [1.807, 2.05) is 37.3 Å². The number of imidazole rings is 1. The van der Waals surface area contributed by atoms with Crippen LogP contribution < -0.4 is 21.3 Å². The zero-order valence-electron chi connectivity index (χ0n) is 18.2. The fourth-order valence-corrected chi connectivity index (χ4v) is 3.35. The molecule has 2 amide bonds. The summed E-state index contributed by atoms with van der Waals surface area (Å²) in [5.74, 6) is -1.88. The molecule has 0 fully saturated rings. The number of carbonyl (C=O) groups excluding carboxylic acids is 3. The van der Waals surface area contributed by atoms with Crippen LogP contribution in [0.15, 0.2) is 66.6 Å². The predicted molar refractivity (Wildman–Crippen MR) is 125 cm³/mol. The van der Waals surface area contributed by atoms with Gasteiger partial charge in [-0.3, -0.25) is 14.4 Å². The number of nitrogens with one attached hydrogen (secondary N) is 5. The summed E-state index contributed by atoms with van der Waals surface area (Å²) < 4.78 is 0. The van der Waals surface area contributed by atoms with Crippen molar-refractivity contribution in [1.82, 2.24) is 20.6 Å². The lowest BCUT2D eigenvalue weighted by Crippen LogP contribution is -2.54. The number of aryl methyl sites for hydroxylation is 1. The molecule has 2 aromatic carbocycles. The van der Waals surface area contributed by atoms with Crippen molar-refractivity contribution in [3.63, 3.8) is 0 Å². The van der Waals surface area contributed by atoms with Gasteiger partial charge in [0.25, 0.3) is 11.8 Å². The molecular weight excluding hydrogens is 434 g/mol. The summed E-state index contributed by atoms with van der Waals surface area (Å²) in [7, 11) is 0. The van der Waals surface area contributed by atoms with Gasteiger partial charge in [-0.2, -0.15) is 5.26 Å². The van der Waals surface area contributed by atoms with Crippen molar-refractivity contribution in [1.29, 1.82) is 5.26 Å². The van der Waals surface area contributed by atoms with Crippen LogP contribution in [0.25, 0.3) is 5.70 Å².